The van der Waals surface area contributed by atoms with Crippen molar-refractivity contribution in [2.75, 3.05) is 38.5 Å². The van der Waals surface area contributed by atoms with E-state index in [0.29, 0.717) is 37.8 Å². The summed E-state index contributed by atoms with van der Waals surface area (Å²) in [6, 6.07) is 7.09. The van der Waals surface area contributed by atoms with Crippen LogP contribution in [0.5, 0.6) is 0 Å². The molecule has 6 nitrogen and oxygen atoms in total. The molecule has 0 aromatic heterocycles. The summed E-state index contributed by atoms with van der Waals surface area (Å²) in [7, 11) is -1.82. The summed E-state index contributed by atoms with van der Waals surface area (Å²) in [6.07, 6.45) is 0. The summed E-state index contributed by atoms with van der Waals surface area (Å²) in [5.74, 6) is -2.34. The number of piperazine rings is 1. The number of carbonyl (C=O) groups is 1. The molecular formula is C19H21F2N3O3S. The van der Waals surface area contributed by atoms with E-state index in [-0.39, 0.29) is 16.1 Å². The van der Waals surface area contributed by atoms with E-state index in [1.807, 2.05) is 11.9 Å². The van der Waals surface area contributed by atoms with Gasteiger partial charge in [-0.05, 0) is 43.8 Å². The lowest BCUT2D eigenvalue weighted by Gasteiger charge is -2.31. The van der Waals surface area contributed by atoms with Crippen LogP contribution in [0.2, 0.25) is 0 Å². The fourth-order valence-corrected chi connectivity index (χ4v) is 4.41. The number of carbonyl (C=O) groups excluding carboxylic acids is 1. The van der Waals surface area contributed by atoms with Crippen LogP contribution in [-0.2, 0) is 10.0 Å². The Morgan fingerprint density at radius 1 is 1.04 bits per heavy atom. The van der Waals surface area contributed by atoms with E-state index in [1.165, 1.54) is 16.4 Å². The Balaban J connectivity index is 1.87. The van der Waals surface area contributed by atoms with Gasteiger partial charge < -0.3 is 10.2 Å². The number of rotatable bonds is 4. The number of hydrogen-bond acceptors (Lipinski definition) is 4. The molecule has 0 unspecified atom stereocenters. The number of halogens is 2. The summed E-state index contributed by atoms with van der Waals surface area (Å²) in [5.41, 5.74) is 0.467. The van der Waals surface area contributed by atoms with Gasteiger partial charge in [-0.1, -0.05) is 6.07 Å². The zero-order chi connectivity index (χ0) is 20.5. The summed E-state index contributed by atoms with van der Waals surface area (Å²) >= 11 is 0. The van der Waals surface area contributed by atoms with Crippen LogP contribution >= 0.6 is 0 Å². The third-order valence-electron chi connectivity index (χ3n) is 4.73. The van der Waals surface area contributed by atoms with Crippen molar-refractivity contribution < 1.29 is 22.0 Å². The number of nitrogens with zero attached hydrogens (tertiary/aromatic N) is 2. The first kappa shape index (κ1) is 20.4. The summed E-state index contributed by atoms with van der Waals surface area (Å²) in [4.78, 5) is 14.6. The lowest BCUT2D eigenvalue weighted by molar-refractivity contribution is 0.102. The molecule has 2 aromatic carbocycles. The van der Waals surface area contributed by atoms with Gasteiger partial charge in [-0.15, -0.1) is 0 Å². The van der Waals surface area contributed by atoms with Crippen molar-refractivity contribution in [1.29, 1.82) is 0 Å². The fourth-order valence-electron chi connectivity index (χ4n) is 2.96. The van der Waals surface area contributed by atoms with Crippen molar-refractivity contribution in [1.82, 2.24) is 9.21 Å². The molecule has 1 saturated heterocycles. The molecule has 0 radical (unpaired) electrons. The van der Waals surface area contributed by atoms with Crippen LogP contribution in [0.3, 0.4) is 0 Å². The molecule has 0 saturated carbocycles. The molecule has 1 N–H and O–H groups in total. The lowest BCUT2D eigenvalue weighted by Crippen LogP contribution is -2.47. The molecule has 0 bridgehead atoms. The molecule has 1 heterocycles. The topological polar surface area (TPSA) is 69.7 Å². The smallest absolute Gasteiger partial charge is 0.256 e. The van der Waals surface area contributed by atoms with Crippen molar-refractivity contribution in [2.45, 2.75) is 11.8 Å². The van der Waals surface area contributed by atoms with Crippen LogP contribution in [0.1, 0.15) is 15.9 Å². The Labute approximate surface area is 162 Å². The fraction of sp³-hybridized carbons (Fsp3) is 0.316. The zero-order valence-electron chi connectivity index (χ0n) is 15.6. The first-order chi connectivity index (χ1) is 13.2. The number of nitrogens with one attached hydrogen (secondary N) is 1. The van der Waals surface area contributed by atoms with Gasteiger partial charge in [0, 0.05) is 37.8 Å². The number of benzene rings is 2. The lowest BCUT2D eigenvalue weighted by atomic mass is 10.1. The SMILES string of the molecule is Cc1ccc(S(=O)(=O)N2CCN(C)CC2)cc1C(=O)Nc1ccc(F)cc1F. The Morgan fingerprint density at radius 2 is 1.71 bits per heavy atom. The van der Waals surface area contributed by atoms with E-state index >= 15 is 0 Å². The average Bonchev–Trinajstić information content (AvgIpc) is 2.64. The molecule has 0 aliphatic carbocycles. The van der Waals surface area contributed by atoms with Crippen molar-refractivity contribution in [3.63, 3.8) is 0 Å². The van der Waals surface area contributed by atoms with E-state index in [2.05, 4.69) is 5.32 Å². The predicted octanol–water partition coefficient (Wildman–Crippen LogP) is 2.46. The molecule has 150 valence electrons. The van der Waals surface area contributed by atoms with Gasteiger partial charge in [0.15, 0.2) is 0 Å². The maximum atomic E-state index is 13.8. The number of amides is 1. The summed E-state index contributed by atoms with van der Waals surface area (Å²) in [6.45, 7) is 3.65. The summed E-state index contributed by atoms with van der Waals surface area (Å²) < 4.78 is 54.0. The van der Waals surface area contributed by atoms with Gasteiger partial charge in [0.2, 0.25) is 10.0 Å². The van der Waals surface area contributed by atoms with Crippen molar-refractivity contribution in [2.24, 2.45) is 0 Å². The van der Waals surface area contributed by atoms with Crippen molar-refractivity contribution in [3.8, 4) is 0 Å². The van der Waals surface area contributed by atoms with Gasteiger partial charge in [0.05, 0.1) is 10.6 Å². The number of hydrogen-bond donors (Lipinski definition) is 1. The maximum Gasteiger partial charge on any atom is 0.256 e. The number of sulfonamides is 1. The minimum atomic E-state index is -3.74. The van der Waals surface area contributed by atoms with Crippen molar-refractivity contribution >= 4 is 21.6 Å². The minimum absolute atomic E-state index is 0.00683. The monoisotopic (exact) mass is 409 g/mol. The van der Waals surface area contributed by atoms with Crippen LogP contribution in [-0.4, -0.2) is 56.8 Å². The highest BCUT2D eigenvalue weighted by Gasteiger charge is 2.28. The Kier molecular flexibility index (Phi) is 5.78. The molecule has 28 heavy (non-hydrogen) atoms. The van der Waals surface area contributed by atoms with Gasteiger partial charge in [-0.3, -0.25) is 4.79 Å². The predicted molar refractivity (Wildman–Crippen MR) is 102 cm³/mol. The van der Waals surface area contributed by atoms with Gasteiger partial charge in [-0.25, -0.2) is 17.2 Å². The van der Waals surface area contributed by atoms with Gasteiger partial charge in [0.1, 0.15) is 11.6 Å². The molecule has 1 aliphatic rings. The molecule has 1 amide bonds. The first-order valence-corrected chi connectivity index (χ1v) is 10.2. The standard InChI is InChI=1S/C19H21F2N3O3S/c1-13-3-5-15(28(26,27)24-9-7-23(2)8-10-24)12-16(13)19(25)22-18-6-4-14(20)11-17(18)21/h3-6,11-12H,7-10H2,1-2H3,(H,22,25). The van der Waals surface area contributed by atoms with Crippen LogP contribution in [0, 0.1) is 18.6 Å². The zero-order valence-corrected chi connectivity index (χ0v) is 16.4. The van der Waals surface area contributed by atoms with Crippen molar-refractivity contribution in [3.05, 3.63) is 59.2 Å². The first-order valence-electron chi connectivity index (χ1n) is 8.74. The number of aryl methyl sites for hydroxylation is 1. The maximum absolute atomic E-state index is 13.8. The third-order valence-corrected chi connectivity index (χ3v) is 6.63. The van der Waals surface area contributed by atoms with Crippen LogP contribution in [0.4, 0.5) is 14.5 Å². The molecular weight excluding hydrogens is 388 g/mol. The number of anilines is 1. The third kappa shape index (κ3) is 4.21. The van der Waals surface area contributed by atoms with E-state index in [9.17, 15) is 22.0 Å². The average molecular weight is 409 g/mol. The quantitative estimate of drug-likeness (QED) is 0.842. The highest BCUT2D eigenvalue weighted by molar-refractivity contribution is 7.89. The Hall–Kier alpha value is -2.36. The normalized spacial score (nSPS) is 16.1. The van der Waals surface area contributed by atoms with Crippen LogP contribution in [0.15, 0.2) is 41.3 Å². The van der Waals surface area contributed by atoms with E-state index in [1.54, 1.807) is 13.0 Å². The molecule has 3 rings (SSSR count). The molecule has 1 fully saturated rings. The second-order valence-corrected chi connectivity index (χ2v) is 8.70. The van der Waals surface area contributed by atoms with E-state index in [0.717, 1.165) is 12.1 Å². The molecule has 1 aliphatic heterocycles. The molecule has 9 heteroatoms. The second kappa shape index (κ2) is 7.94. The number of likely N-dealkylation sites (N-methyl/N-ethyl adjacent to an activating group) is 1. The van der Waals surface area contributed by atoms with E-state index in [4.69, 9.17) is 0 Å². The van der Waals surface area contributed by atoms with E-state index < -0.39 is 27.6 Å². The van der Waals surface area contributed by atoms with Gasteiger partial charge >= 0.3 is 0 Å². The Morgan fingerprint density at radius 3 is 2.36 bits per heavy atom. The molecule has 0 atom stereocenters. The molecule has 2 aromatic rings. The largest absolute Gasteiger partial charge is 0.319 e. The molecule has 0 spiro atoms. The Bertz CT molecular complexity index is 1000. The van der Waals surface area contributed by atoms with Crippen LogP contribution < -0.4 is 5.32 Å². The van der Waals surface area contributed by atoms with Crippen LogP contribution in [0.25, 0.3) is 0 Å². The second-order valence-electron chi connectivity index (χ2n) is 6.76. The van der Waals surface area contributed by atoms with Gasteiger partial charge in [-0.2, -0.15) is 4.31 Å². The highest BCUT2D eigenvalue weighted by Crippen LogP contribution is 2.22. The van der Waals surface area contributed by atoms with Gasteiger partial charge in [0.25, 0.3) is 5.91 Å². The minimum Gasteiger partial charge on any atom is -0.319 e. The highest BCUT2D eigenvalue weighted by atomic mass is 32.2. The summed E-state index contributed by atoms with van der Waals surface area (Å²) in [5, 5.41) is 2.36.